The van der Waals surface area contributed by atoms with Crippen LogP contribution in [0.1, 0.15) is 70.4 Å². The number of amides is 2. The van der Waals surface area contributed by atoms with Gasteiger partial charge in [-0.3, -0.25) is 19.4 Å². The molecule has 3 heterocycles. The van der Waals surface area contributed by atoms with Gasteiger partial charge in [-0.05, 0) is 88.0 Å². The molecule has 5 atom stereocenters. The molecule has 3 aliphatic heterocycles. The van der Waals surface area contributed by atoms with Crippen molar-refractivity contribution in [3.8, 4) is 0 Å². The lowest BCUT2D eigenvalue weighted by atomic mass is 9.86. The Morgan fingerprint density at radius 1 is 1.18 bits per heavy atom. The smallest absolute Gasteiger partial charge is 0.411 e. The molecule has 2 bridgehead atoms. The molecule has 2 N–H and O–H groups in total. The maximum absolute atomic E-state index is 15.3. The first kappa shape index (κ1) is 28.7. The minimum atomic E-state index is -0.858. The molecule has 4 aliphatic rings. The highest BCUT2D eigenvalue weighted by molar-refractivity contribution is 5.92. The molecule has 1 aliphatic carbocycles. The standard InChI is InChI=1S/C31H42FN3O5/c1-31(2,3)40-30(38)35-24-7-6-22(15-24)28(35)27(36)17-23(29(33)37)14-21-5-4-20(16-26(21)32)19-8-11-34(12-9-19)25-10-13-39-18-25/h4-5,8,16,22-25,28H,6-7,9-15,17-18H2,1-3H3,(H2,33,37)/t22-,23+,24+,25?,28-/m0/s1. The highest BCUT2D eigenvalue weighted by Gasteiger charge is 2.52. The second-order valence-corrected chi connectivity index (χ2v) is 12.8. The molecule has 0 aromatic heterocycles. The maximum atomic E-state index is 15.3. The topological polar surface area (TPSA) is 102 Å². The number of ketones is 1. The van der Waals surface area contributed by atoms with Crippen molar-refractivity contribution in [3.05, 3.63) is 41.2 Å². The van der Waals surface area contributed by atoms with E-state index in [2.05, 4.69) is 11.0 Å². The largest absolute Gasteiger partial charge is 0.444 e. The number of nitrogens with zero attached hydrogens (tertiary/aromatic N) is 2. The summed E-state index contributed by atoms with van der Waals surface area (Å²) in [5, 5.41) is 0. The summed E-state index contributed by atoms with van der Waals surface area (Å²) in [5.41, 5.74) is 7.34. The van der Waals surface area contributed by atoms with Crippen LogP contribution >= 0.6 is 0 Å². The van der Waals surface area contributed by atoms with E-state index in [4.69, 9.17) is 15.2 Å². The van der Waals surface area contributed by atoms with Gasteiger partial charge in [0.25, 0.3) is 0 Å². The molecular weight excluding hydrogens is 513 g/mol. The van der Waals surface area contributed by atoms with Crippen molar-refractivity contribution in [3.63, 3.8) is 0 Å². The number of rotatable bonds is 8. The van der Waals surface area contributed by atoms with Gasteiger partial charge in [0.1, 0.15) is 11.4 Å². The lowest BCUT2D eigenvalue weighted by Crippen LogP contribution is -2.51. The first-order valence-electron chi connectivity index (χ1n) is 14.6. The van der Waals surface area contributed by atoms with Crippen LogP contribution in [0.5, 0.6) is 0 Å². The number of halogens is 1. The lowest BCUT2D eigenvalue weighted by molar-refractivity contribution is -0.131. The van der Waals surface area contributed by atoms with Crippen LogP contribution in [0.25, 0.3) is 5.57 Å². The highest BCUT2D eigenvalue weighted by atomic mass is 19.1. The van der Waals surface area contributed by atoms with Crippen molar-refractivity contribution in [1.29, 1.82) is 0 Å². The van der Waals surface area contributed by atoms with Crippen molar-refractivity contribution in [2.24, 2.45) is 17.6 Å². The fourth-order valence-electron chi connectivity index (χ4n) is 6.88. The van der Waals surface area contributed by atoms with E-state index in [1.807, 2.05) is 6.07 Å². The van der Waals surface area contributed by atoms with Crippen molar-refractivity contribution >= 4 is 23.4 Å². The Labute approximate surface area is 236 Å². The van der Waals surface area contributed by atoms with E-state index in [1.54, 1.807) is 31.7 Å². The zero-order valence-corrected chi connectivity index (χ0v) is 23.9. The molecule has 2 saturated heterocycles. The average Bonchev–Trinajstić information content (AvgIpc) is 3.66. The first-order chi connectivity index (χ1) is 19.0. The van der Waals surface area contributed by atoms with Crippen LogP contribution in [0.4, 0.5) is 9.18 Å². The van der Waals surface area contributed by atoms with Gasteiger partial charge in [0, 0.05) is 44.1 Å². The molecule has 9 heteroatoms. The summed E-state index contributed by atoms with van der Waals surface area (Å²) in [7, 11) is 0. The van der Waals surface area contributed by atoms with Crippen LogP contribution in [0, 0.1) is 17.7 Å². The minimum absolute atomic E-state index is 0.0292. The molecule has 8 nitrogen and oxygen atoms in total. The zero-order valence-electron chi connectivity index (χ0n) is 23.9. The molecule has 2 amide bonds. The SMILES string of the molecule is CC(C)(C)OC(=O)N1[C@@H]2CC[C@@H](C2)[C@H]1C(=O)C[C@@H](Cc1ccc(C2=CCN(C3CCOC3)CC2)cc1F)C(N)=O. The van der Waals surface area contributed by atoms with Crippen molar-refractivity contribution in [1.82, 2.24) is 9.80 Å². The number of carbonyl (C=O) groups excluding carboxylic acids is 3. The summed E-state index contributed by atoms with van der Waals surface area (Å²) in [6.45, 7) is 8.71. The molecule has 1 aromatic carbocycles. The predicted molar refractivity (Wildman–Crippen MR) is 149 cm³/mol. The molecule has 1 aromatic rings. The molecule has 0 spiro atoms. The van der Waals surface area contributed by atoms with Gasteiger partial charge >= 0.3 is 6.09 Å². The van der Waals surface area contributed by atoms with Gasteiger partial charge in [-0.2, -0.15) is 0 Å². The van der Waals surface area contributed by atoms with Crippen LogP contribution in [0.3, 0.4) is 0 Å². The Morgan fingerprint density at radius 3 is 2.60 bits per heavy atom. The Bertz CT molecular complexity index is 1170. The van der Waals surface area contributed by atoms with E-state index in [1.165, 1.54) is 6.07 Å². The number of Topliss-reactive ketones (excluding diaryl/α,β-unsaturated/α-hetero) is 1. The second kappa shape index (κ2) is 11.6. The fourth-order valence-corrected chi connectivity index (χ4v) is 6.88. The van der Waals surface area contributed by atoms with Crippen LogP contribution < -0.4 is 5.73 Å². The number of primary amides is 1. The summed E-state index contributed by atoms with van der Waals surface area (Å²) in [5.74, 6) is -2.06. The molecule has 3 fully saturated rings. The van der Waals surface area contributed by atoms with E-state index >= 15 is 4.39 Å². The van der Waals surface area contributed by atoms with Crippen molar-refractivity contribution in [2.75, 3.05) is 26.3 Å². The first-order valence-corrected chi connectivity index (χ1v) is 14.6. The normalized spacial score (nSPS) is 27.5. The van der Waals surface area contributed by atoms with Crippen LogP contribution in [0.2, 0.25) is 0 Å². The van der Waals surface area contributed by atoms with Gasteiger partial charge in [-0.15, -0.1) is 0 Å². The van der Waals surface area contributed by atoms with E-state index in [-0.39, 0.29) is 30.6 Å². The Balaban J connectivity index is 1.24. The highest BCUT2D eigenvalue weighted by Crippen LogP contribution is 2.44. The molecule has 0 radical (unpaired) electrons. The summed E-state index contributed by atoms with van der Waals surface area (Å²) < 4.78 is 26.4. The number of carbonyl (C=O) groups is 3. The zero-order chi connectivity index (χ0) is 28.6. The van der Waals surface area contributed by atoms with Crippen molar-refractivity contribution in [2.45, 2.75) is 89.4 Å². The van der Waals surface area contributed by atoms with E-state index in [0.717, 1.165) is 69.5 Å². The number of likely N-dealkylation sites (tertiary alicyclic amines) is 1. The van der Waals surface area contributed by atoms with Crippen LogP contribution in [0.15, 0.2) is 24.3 Å². The van der Waals surface area contributed by atoms with E-state index < -0.39 is 35.4 Å². The van der Waals surface area contributed by atoms with E-state index in [9.17, 15) is 14.4 Å². The third-order valence-electron chi connectivity index (χ3n) is 8.92. The van der Waals surface area contributed by atoms with Crippen LogP contribution in [-0.2, 0) is 25.5 Å². The van der Waals surface area contributed by atoms with Gasteiger partial charge in [0.2, 0.25) is 5.91 Å². The summed E-state index contributed by atoms with van der Waals surface area (Å²) in [6.07, 6.45) is 5.93. The maximum Gasteiger partial charge on any atom is 0.411 e. The van der Waals surface area contributed by atoms with Gasteiger partial charge in [-0.1, -0.05) is 18.2 Å². The Morgan fingerprint density at radius 2 is 1.98 bits per heavy atom. The van der Waals surface area contributed by atoms with E-state index in [0.29, 0.717) is 11.6 Å². The summed E-state index contributed by atoms with van der Waals surface area (Å²) in [6, 6.07) is 4.91. The lowest BCUT2D eigenvalue weighted by Gasteiger charge is -2.36. The minimum Gasteiger partial charge on any atom is -0.444 e. The summed E-state index contributed by atoms with van der Waals surface area (Å²) >= 11 is 0. The number of ether oxygens (including phenoxy) is 2. The number of piperidine rings is 1. The quantitative estimate of drug-likeness (QED) is 0.518. The number of hydrogen-bond donors (Lipinski definition) is 1. The number of hydrogen-bond acceptors (Lipinski definition) is 6. The van der Waals surface area contributed by atoms with Gasteiger partial charge in [0.15, 0.2) is 5.78 Å². The molecule has 5 rings (SSSR count). The Kier molecular flexibility index (Phi) is 8.34. The molecule has 1 saturated carbocycles. The number of fused-ring (bicyclic) bond motifs is 2. The third-order valence-corrected chi connectivity index (χ3v) is 8.92. The van der Waals surface area contributed by atoms with Gasteiger partial charge < -0.3 is 15.2 Å². The molecular formula is C31H42FN3O5. The van der Waals surface area contributed by atoms with Crippen LogP contribution in [-0.4, -0.2) is 77.6 Å². The van der Waals surface area contributed by atoms with Gasteiger partial charge in [-0.25, -0.2) is 9.18 Å². The number of benzene rings is 1. The average molecular weight is 556 g/mol. The van der Waals surface area contributed by atoms with Crippen molar-refractivity contribution < 1.29 is 28.2 Å². The summed E-state index contributed by atoms with van der Waals surface area (Å²) in [4.78, 5) is 42.9. The van der Waals surface area contributed by atoms with Gasteiger partial charge in [0.05, 0.1) is 12.6 Å². The molecule has 40 heavy (non-hydrogen) atoms. The molecule has 1 unspecified atom stereocenters. The number of nitrogens with two attached hydrogens (primary N) is 1. The Hall–Kier alpha value is -2.78. The fraction of sp³-hybridized carbons (Fsp3) is 0.645. The third kappa shape index (κ3) is 6.25. The predicted octanol–water partition coefficient (Wildman–Crippen LogP) is 4.09. The molecule has 218 valence electrons. The second-order valence-electron chi connectivity index (χ2n) is 12.8. The monoisotopic (exact) mass is 555 g/mol.